The topological polar surface area (TPSA) is 93.7 Å². The molecular formula is C25H28N4O4S. The number of hydrogen-bond acceptors (Lipinski definition) is 7. The SMILES string of the molecule is C#Cc1cccc(Nc2ncnc3cc(OC)c(OC4CCC(N(C)S(C)(=O)=O)CC4)cc23)c1. The molecule has 0 unspecified atom stereocenters. The zero-order valence-corrected chi connectivity index (χ0v) is 20.3. The van der Waals surface area contributed by atoms with Gasteiger partial charge in [0, 0.05) is 35.8 Å². The van der Waals surface area contributed by atoms with E-state index in [1.54, 1.807) is 14.2 Å². The molecule has 0 spiro atoms. The Hall–Kier alpha value is -3.35. The maximum absolute atomic E-state index is 11.9. The van der Waals surface area contributed by atoms with E-state index < -0.39 is 10.0 Å². The van der Waals surface area contributed by atoms with Gasteiger partial charge in [-0.3, -0.25) is 0 Å². The number of terminal acetylenes is 1. The molecule has 0 saturated heterocycles. The first-order valence-electron chi connectivity index (χ1n) is 11.0. The molecule has 0 atom stereocenters. The van der Waals surface area contributed by atoms with Crippen LogP contribution in [0.15, 0.2) is 42.7 Å². The predicted octanol–water partition coefficient (Wildman–Crippen LogP) is 3.94. The Morgan fingerprint density at radius 3 is 2.56 bits per heavy atom. The normalized spacial score (nSPS) is 18.4. The lowest BCUT2D eigenvalue weighted by atomic mass is 9.93. The molecule has 1 heterocycles. The number of hydrogen-bond donors (Lipinski definition) is 1. The van der Waals surface area contributed by atoms with Crippen LogP contribution in [0.25, 0.3) is 10.9 Å². The second-order valence-electron chi connectivity index (χ2n) is 8.42. The Morgan fingerprint density at radius 1 is 1.12 bits per heavy atom. The molecule has 178 valence electrons. The molecule has 1 fully saturated rings. The van der Waals surface area contributed by atoms with Crippen LogP contribution >= 0.6 is 0 Å². The number of nitrogens with one attached hydrogen (secondary N) is 1. The van der Waals surface area contributed by atoms with Gasteiger partial charge in [-0.1, -0.05) is 12.0 Å². The van der Waals surface area contributed by atoms with Gasteiger partial charge in [0.25, 0.3) is 0 Å². The summed E-state index contributed by atoms with van der Waals surface area (Å²) >= 11 is 0. The zero-order valence-electron chi connectivity index (χ0n) is 19.5. The van der Waals surface area contributed by atoms with Crippen molar-refractivity contribution in [1.29, 1.82) is 0 Å². The van der Waals surface area contributed by atoms with Crippen LogP contribution in [0, 0.1) is 12.3 Å². The number of methoxy groups -OCH3 is 1. The van der Waals surface area contributed by atoms with Crippen molar-refractivity contribution >= 4 is 32.4 Å². The van der Waals surface area contributed by atoms with Gasteiger partial charge in [0.15, 0.2) is 11.5 Å². The van der Waals surface area contributed by atoms with Crippen molar-refractivity contribution in [3.63, 3.8) is 0 Å². The summed E-state index contributed by atoms with van der Waals surface area (Å²) in [6.45, 7) is 0. The lowest BCUT2D eigenvalue weighted by Gasteiger charge is -2.33. The summed E-state index contributed by atoms with van der Waals surface area (Å²) in [6.07, 6.45) is 11.2. The van der Waals surface area contributed by atoms with E-state index in [0.29, 0.717) is 22.8 Å². The average molecular weight is 481 g/mol. The Labute approximate surface area is 200 Å². The molecule has 0 radical (unpaired) electrons. The predicted molar refractivity (Wildman–Crippen MR) is 133 cm³/mol. The molecule has 0 aliphatic heterocycles. The standard InChI is InChI=1S/C25H28N4O4S/c1-5-17-7-6-8-18(13-17)28-25-21-14-24(23(32-3)15-22(21)26-16-27-25)33-20-11-9-19(10-12-20)29(2)34(4,30)31/h1,6-8,13-16,19-20H,9-12H2,2-4H3,(H,26,27,28). The fraction of sp³-hybridized carbons (Fsp3) is 0.360. The van der Waals surface area contributed by atoms with Gasteiger partial charge in [0.05, 0.1) is 25.0 Å². The summed E-state index contributed by atoms with van der Waals surface area (Å²) in [5, 5.41) is 4.10. The second-order valence-corrected chi connectivity index (χ2v) is 10.5. The van der Waals surface area contributed by atoms with Gasteiger partial charge in [0.2, 0.25) is 10.0 Å². The van der Waals surface area contributed by atoms with Gasteiger partial charge in [-0.2, -0.15) is 0 Å². The van der Waals surface area contributed by atoms with Gasteiger partial charge in [-0.05, 0) is 49.9 Å². The minimum atomic E-state index is -3.21. The highest BCUT2D eigenvalue weighted by atomic mass is 32.2. The molecule has 0 amide bonds. The van der Waals surface area contributed by atoms with Gasteiger partial charge in [-0.15, -0.1) is 6.42 Å². The first-order valence-corrected chi connectivity index (χ1v) is 12.9. The van der Waals surface area contributed by atoms with Crippen LogP contribution in [0.3, 0.4) is 0 Å². The second kappa shape index (κ2) is 9.87. The first kappa shape index (κ1) is 23.8. The molecule has 2 aromatic carbocycles. The maximum Gasteiger partial charge on any atom is 0.211 e. The van der Waals surface area contributed by atoms with Crippen molar-refractivity contribution < 1.29 is 17.9 Å². The largest absolute Gasteiger partial charge is 0.493 e. The van der Waals surface area contributed by atoms with E-state index in [1.165, 1.54) is 16.9 Å². The molecule has 8 nitrogen and oxygen atoms in total. The average Bonchev–Trinajstić information content (AvgIpc) is 2.83. The van der Waals surface area contributed by atoms with Crippen molar-refractivity contribution in [3.05, 3.63) is 48.3 Å². The summed E-state index contributed by atoms with van der Waals surface area (Å²) in [7, 11) is 0.0270. The third-order valence-electron chi connectivity index (χ3n) is 6.19. The van der Waals surface area contributed by atoms with Crippen LogP contribution in [0.5, 0.6) is 11.5 Å². The highest BCUT2D eigenvalue weighted by Gasteiger charge is 2.29. The van der Waals surface area contributed by atoms with E-state index in [-0.39, 0.29) is 12.1 Å². The number of anilines is 2. The Morgan fingerprint density at radius 2 is 1.88 bits per heavy atom. The van der Waals surface area contributed by atoms with E-state index in [1.807, 2.05) is 36.4 Å². The minimum absolute atomic E-state index is 0.00340. The molecule has 1 N–H and O–H groups in total. The molecule has 9 heteroatoms. The Kier molecular flexibility index (Phi) is 6.91. The molecule has 1 aromatic heterocycles. The smallest absolute Gasteiger partial charge is 0.211 e. The number of benzene rings is 2. The summed E-state index contributed by atoms with van der Waals surface area (Å²) < 4.78 is 37.1. The molecule has 1 aliphatic rings. The Balaban J connectivity index is 1.57. The fourth-order valence-corrected chi connectivity index (χ4v) is 4.97. The lowest BCUT2D eigenvalue weighted by molar-refractivity contribution is 0.122. The molecule has 1 aliphatic carbocycles. The van der Waals surface area contributed by atoms with Crippen LogP contribution in [0.2, 0.25) is 0 Å². The Bertz CT molecular complexity index is 1330. The van der Waals surface area contributed by atoms with Crippen molar-refractivity contribution in [3.8, 4) is 23.8 Å². The van der Waals surface area contributed by atoms with E-state index >= 15 is 0 Å². The maximum atomic E-state index is 11.9. The number of ether oxygens (including phenoxy) is 2. The number of sulfonamides is 1. The minimum Gasteiger partial charge on any atom is -0.493 e. The van der Waals surface area contributed by atoms with E-state index in [4.69, 9.17) is 15.9 Å². The summed E-state index contributed by atoms with van der Waals surface area (Å²) in [5.41, 5.74) is 2.31. The van der Waals surface area contributed by atoms with Crippen molar-refractivity contribution in [1.82, 2.24) is 14.3 Å². The molecule has 0 bridgehead atoms. The first-order chi connectivity index (χ1) is 16.3. The summed E-state index contributed by atoms with van der Waals surface area (Å²) in [4.78, 5) is 8.81. The highest BCUT2D eigenvalue weighted by Crippen LogP contribution is 2.37. The monoisotopic (exact) mass is 480 g/mol. The van der Waals surface area contributed by atoms with Crippen LogP contribution in [-0.2, 0) is 10.0 Å². The third kappa shape index (κ3) is 5.24. The lowest BCUT2D eigenvalue weighted by Crippen LogP contribution is -2.40. The van der Waals surface area contributed by atoms with Gasteiger partial charge >= 0.3 is 0 Å². The number of aromatic nitrogens is 2. The van der Waals surface area contributed by atoms with Gasteiger partial charge < -0.3 is 14.8 Å². The van der Waals surface area contributed by atoms with Crippen LogP contribution in [-0.4, -0.2) is 55.3 Å². The zero-order chi connectivity index (χ0) is 24.3. The van der Waals surface area contributed by atoms with E-state index in [2.05, 4.69) is 21.2 Å². The van der Waals surface area contributed by atoms with Crippen molar-refractivity contribution in [2.24, 2.45) is 0 Å². The van der Waals surface area contributed by atoms with Crippen LogP contribution in [0.1, 0.15) is 31.2 Å². The van der Waals surface area contributed by atoms with Crippen LogP contribution in [0.4, 0.5) is 11.5 Å². The highest BCUT2D eigenvalue weighted by molar-refractivity contribution is 7.88. The molecule has 34 heavy (non-hydrogen) atoms. The van der Waals surface area contributed by atoms with Crippen LogP contribution < -0.4 is 14.8 Å². The van der Waals surface area contributed by atoms with E-state index in [9.17, 15) is 8.42 Å². The number of nitrogens with zero attached hydrogens (tertiary/aromatic N) is 3. The molecular weight excluding hydrogens is 452 g/mol. The van der Waals surface area contributed by atoms with Crippen molar-refractivity contribution in [2.75, 3.05) is 25.7 Å². The van der Waals surface area contributed by atoms with Crippen molar-refractivity contribution in [2.45, 2.75) is 37.8 Å². The summed E-state index contributed by atoms with van der Waals surface area (Å²) in [5.74, 6) is 4.45. The van der Waals surface area contributed by atoms with Gasteiger partial charge in [-0.25, -0.2) is 22.7 Å². The quantitative estimate of drug-likeness (QED) is 0.512. The number of fused-ring (bicyclic) bond motifs is 1. The third-order valence-corrected chi connectivity index (χ3v) is 7.53. The molecule has 3 aromatic rings. The molecule has 1 saturated carbocycles. The van der Waals surface area contributed by atoms with Gasteiger partial charge in [0.1, 0.15) is 12.1 Å². The fourth-order valence-electron chi connectivity index (χ4n) is 4.22. The summed E-state index contributed by atoms with van der Waals surface area (Å²) in [6, 6.07) is 11.3. The molecule has 4 rings (SSSR count). The van der Waals surface area contributed by atoms with E-state index in [0.717, 1.165) is 42.3 Å². The number of rotatable bonds is 7.